The van der Waals surface area contributed by atoms with Crippen LogP contribution in [0, 0.1) is 5.41 Å². The molecule has 23 heavy (non-hydrogen) atoms. The molecule has 0 aromatic carbocycles. The number of imidazole rings is 1. The normalized spacial score (nSPS) is 19.8. The van der Waals surface area contributed by atoms with Gasteiger partial charge in [-0.05, 0) is 18.6 Å². The maximum Gasteiger partial charge on any atom is 0.165 e. The van der Waals surface area contributed by atoms with Crippen LogP contribution in [0.15, 0.2) is 37.2 Å². The van der Waals surface area contributed by atoms with Crippen molar-refractivity contribution in [1.29, 1.82) is 0 Å². The summed E-state index contributed by atoms with van der Waals surface area (Å²) in [7, 11) is 0. The third-order valence-electron chi connectivity index (χ3n) is 4.62. The molecule has 4 rings (SSSR count). The minimum absolute atomic E-state index is 0.174. The van der Waals surface area contributed by atoms with Crippen molar-refractivity contribution in [3.8, 4) is 0 Å². The maximum absolute atomic E-state index is 4.55. The third kappa shape index (κ3) is 2.09. The van der Waals surface area contributed by atoms with Gasteiger partial charge >= 0.3 is 0 Å². The van der Waals surface area contributed by atoms with E-state index in [4.69, 9.17) is 0 Å². The summed E-state index contributed by atoms with van der Waals surface area (Å²) in [5.41, 5.74) is 3.16. The predicted octanol–water partition coefficient (Wildman–Crippen LogP) is 2.83. The summed E-state index contributed by atoms with van der Waals surface area (Å²) in [6.45, 7) is 8.45. The molecule has 1 saturated heterocycles. The summed E-state index contributed by atoms with van der Waals surface area (Å²) in [6, 6.07) is 4.37. The van der Waals surface area contributed by atoms with Crippen molar-refractivity contribution in [1.82, 2.24) is 24.5 Å². The first-order valence-corrected chi connectivity index (χ1v) is 7.94. The summed E-state index contributed by atoms with van der Waals surface area (Å²) in [6.07, 6.45) is 7.23. The molecule has 6 heteroatoms. The molecular weight excluding hydrogens is 288 g/mol. The van der Waals surface area contributed by atoms with Crippen LogP contribution in [0.5, 0.6) is 0 Å². The van der Waals surface area contributed by atoms with Crippen LogP contribution in [-0.4, -0.2) is 31.0 Å². The van der Waals surface area contributed by atoms with Crippen LogP contribution in [0.4, 0.5) is 5.82 Å². The van der Waals surface area contributed by atoms with Crippen molar-refractivity contribution in [3.63, 3.8) is 0 Å². The lowest BCUT2D eigenvalue weighted by atomic mass is 9.72. The average Bonchev–Trinajstić information content (AvgIpc) is 2.97. The second kappa shape index (κ2) is 5.01. The monoisotopic (exact) mass is 308 g/mol. The molecular formula is C17H20N6. The van der Waals surface area contributed by atoms with Crippen LogP contribution in [0.2, 0.25) is 0 Å². The van der Waals surface area contributed by atoms with E-state index in [9.17, 15) is 0 Å². The van der Waals surface area contributed by atoms with Gasteiger partial charge in [-0.3, -0.25) is 4.98 Å². The number of pyridine rings is 1. The van der Waals surface area contributed by atoms with Gasteiger partial charge in [-0.2, -0.15) is 0 Å². The zero-order chi connectivity index (χ0) is 16.0. The van der Waals surface area contributed by atoms with E-state index in [1.807, 2.05) is 29.4 Å². The standard InChI is InChI=1S/C17H20N6/c1-4-22-11-21-13-15(22)19-10-20-16(13)23-9-17(2,3)14(23)12-6-5-7-18-8-12/h5-8,10-11,14H,4,9H2,1-3H3. The first kappa shape index (κ1) is 14.1. The van der Waals surface area contributed by atoms with E-state index in [-0.39, 0.29) is 11.5 Å². The lowest BCUT2D eigenvalue weighted by molar-refractivity contribution is 0.179. The number of anilines is 1. The molecule has 0 spiro atoms. The van der Waals surface area contributed by atoms with Gasteiger partial charge in [0.25, 0.3) is 0 Å². The van der Waals surface area contributed by atoms with Crippen molar-refractivity contribution in [3.05, 3.63) is 42.7 Å². The molecule has 1 aliphatic rings. The Morgan fingerprint density at radius 1 is 1.26 bits per heavy atom. The van der Waals surface area contributed by atoms with Gasteiger partial charge < -0.3 is 9.47 Å². The summed E-state index contributed by atoms with van der Waals surface area (Å²) in [5, 5.41) is 0. The summed E-state index contributed by atoms with van der Waals surface area (Å²) in [5.74, 6) is 0.912. The Morgan fingerprint density at radius 3 is 2.83 bits per heavy atom. The maximum atomic E-state index is 4.55. The van der Waals surface area contributed by atoms with Crippen LogP contribution < -0.4 is 4.90 Å². The molecule has 6 nitrogen and oxygen atoms in total. The zero-order valence-corrected chi connectivity index (χ0v) is 13.6. The van der Waals surface area contributed by atoms with Gasteiger partial charge in [0.2, 0.25) is 0 Å². The lowest BCUT2D eigenvalue weighted by Crippen LogP contribution is -2.56. The van der Waals surface area contributed by atoms with E-state index in [1.54, 1.807) is 6.33 Å². The second-order valence-corrected chi connectivity index (χ2v) is 6.71. The minimum Gasteiger partial charge on any atom is -0.346 e. The van der Waals surface area contributed by atoms with E-state index in [1.165, 1.54) is 5.56 Å². The Balaban J connectivity index is 1.80. The molecule has 3 aromatic heterocycles. The number of nitrogens with zero attached hydrogens (tertiary/aromatic N) is 6. The predicted molar refractivity (Wildman–Crippen MR) is 89.1 cm³/mol. The van der Waals surface area contributed by atoms with Gasteiger partial charge in [0.05, 0.1) is 12.4 Å². The van der Waals surface area contributed by atoms with Gasteiger partial charge in [0, 0.05) is 30.9 Å². The topological polar surface area (TPSA) is 59.7 Å². The highest BCUT2D eigenvalue weighted by atomic mass is 15.3. The molecule has 1 fully saturated rings. The zero-order valence-electron chi connectivity index (χ0n) is 13.6. The van der Waals surface area contributed by atoms with Crippen molar-refractivity contribution in [2.75, 3.05) is 11.4 Å². The van der Waals surface area contributed by atoms with Crippen molar-refractivity contribution in [2.45, 2.75) is 33.4 Å². The SMILES string of the molecule is CCn1cnc2c(N3CC(C)(C)C3c3cccnc3)ncnc21. The second-order valence-electron chi connectivity index (χ2n) is 6.71. The molecule has 1 atom stereocenters. The number of rotatable bonds is 3. The summed E-state index contributed by atoms with van der Waals surface area (Å²) in [4.78, 5) is 20.1. The van der Waals surface area contributed by atoms with Crippen molar-refractivity contribution >= 4 is 17.0 Å². The van der Waals surface area contributed by atoms with Crippen molar-refractivity contribution in [2.24, 2.45) is 5.41 Å². The molecule has 1 unspecified atom stereocenters. The molecule has 0 saturated carbocycles. The van der Waals surface area contributed by atoms with Crippen LogP contribution >= 0.6 is 0 Å². The summed E-state index contributed by atoms with van der Waals surface area (Å²) >= 11 is 0. The number of aromatic nitrogens is 5. The van der Waals surface area contributed by atoms with E-state index in [2.05, 4.69) is 51.7 Å². The first-order valence-electron chi connectivity index (χ1n) is 7.94. The van der Waals surface area contributed by atoms with Gasteiger partial charge in [-0.15, -0.1) is 0 Å². The first-order chi connectivity index (χ1) is 11.1. The van der Waals surface area contributed by atoms with E-state index in [0.29, 0.717) is 0 Å². The molecule has 3 aromatic rings. The Bertz CT molecular complexity index is 839. The Labute approximate surface area is 135 Å². The number of fused-ring (bicyclic) bond motifs is 1. The van der Waals surface area contributed by atoms with Crippen LogP contribution in [0.25, 0.3) is 11.2 Å². The molecule has 0 N–H and O–H groups in total. The number of hydrogen-bond donors (Lipinski definition) is 0. The van der Waals surface area contributed by atoms with Crippen LogP contribution in [-0.2, 0) is 6.54 Å². The highest BCUT2D eigenvalue weighted by molar-refractivity contribution is 5.84. The summed E-state index contributed by atoms with van der Waals surface area (Å²) < 4.78 is 2.05. The molecule has 4 heterocycles. The fourth-order valence-corrected chi connectivity index (χ4v) is 3.60. The van der Waals surface area contributed by atoms with Crippen LogP contribution in [0.3, 0.4) is 0 Å². The fourth-order valence-electron chi connectivity index (χ4n) is 3.60. The Hall–Kier alpha value is -2.50. The minimum atomic E-state index is 0.174. The molecule has 0 bridgehead atoms. The van der Waals surface area contributed by atoms with Gasteiger partial charge in [0.15, 0.2) is 17.0 Å². The van der Waals surface area contributed by atoms with E-state index in [0.717, 1.165) is 30.1 Å². The van der Waals surface area contributed by atoms with E-state index >= 15 is 0 Å². The smallest absolute Gasteiger partial charge is 0.165 e. The van der Waals surface area contributed by atoms with Crippen LogP contribution in [0.1, 0.15) is 32.4 Å². The molecule has 1 aliphatic heterocycles. The molecule has 0 amide bonds. The molecule has 0 aliphatic carbocycles. The lowest BCUT2D eigenvalue weighted by Gasteiger charge is -2.55. The molecule has 118 valence electrons. The van der Waals surface area contributed by atoms with Gasteiger partial charge in [-0.25, -0.2) is 15.0 Å². The largest absolute Gasteiger partial charge is 0.346 e. The highest BCUT2D eigenvalue weighted by Gasteiger charge is 2.48. The van der Waals surface area contributed by atoms with Crippen molar-refractivity contribution < 1.29 is 0 Å². The number of hydrogen-bond acceptors (Lipinski definition) is 5. The van der Waals surface area contributed by atoms with Gasteiger partial charge in [-0.1, -0.05) is 19.9 Å². The Morgan fingerprint density at radius 2 is 2.13 bits per heavy atom. The Kier molecular flexibility index (Phi) is 3.07. The fraction of sp³-hybridized carbons (Fsp3) is 0.412. The number of aryl methyl sites for hydroxylation is 1. The average molecular weight is 308 g/mol. The molecule has 0 radical (unpaired) electrons. The highest BCUT2D eigenvalue weighted by Crippen LogP contribution is 2.50. The quantitative estimate of drug-likeness (QED) is 0.744. The van der Waals surface area contributed by atoms with Gasteiger partial charge in [0.1, 0.15) is 6.33 Å². The van der Waals surface area contributed by atoms with E-state index < -0.39 is 0 Å². The third-order valence-corrected chi connectivity index (χ3v) is 4.62.